The summed E-state index contributed by atoms with van der Waals surface area (Å²) < 4.78 is 5.05. The molecule has 1 aliphatic carbocycles. The zero-order valence-corrected chi connectivity index (χ0v) is 15.8. The largest absolute Gasteiger partial charge is 0.454 e. The third-order valence-corrected chi connectivity index (χ3v) is 5.29. The second-order valence-corrected chi connectivity index (χ2v) is 7.21. The standard InChI is InChI=1S/C22H23NO5/c1-15-7-8-19(13-20(15)23(26)27)22(25)28-14-21(24)18-11-9-17(10-12-18)16-5-3-2-4-6-16/h7-13,16H,2-6,14H2,1H3. The number of nitro benzene ring substituents is 1. The monoisotopic (exact) mass is 381 g/mol. The molecule has 0 heterocycles. The van der Waals surface area contributed by atoms with Crippen LogP contribution in [-0.2, 0) is 4.74 Å². The van der Waals surface area contributed by atoms with Gasteiger partial charge in [0.25, 0.3) is 5.69 Å². The number of esters is 1. The highest BCUT2D eigenvalue weighted by molar-refractivity contribution is 5.99. The average molecular weight is 381 g/mol. The second-order valence-electron chi connectivity index (χ2n) is 7.21. The highest BCUT2D eigenvalue weighted by atomic mass is 16.6. The molecule has 2 aromatic rings. The molecule has 0 bridgehead atoms. The molecule has 0 atom stereocenters. The SMILES string of the molecule is Cc1ccc(C(=O)OCC(=O)c2ccc(C3CCCCC3)cc2)cc1[N+](=O)[O-]. The minimum atomic E-state index is -0.754. The van der Waals surface area contributed by atoms with Crippen LogP contribution in [0.1, 0.15) is 69.9 Å². The van der Waals surface area contributed by atoms with Gasteiger partial charge in [0.2, 0.25) is 0 Å². The number of aryl methyl sites for hydroxylation is 1. The molecule has 1 fully saturated rings. The van der Waals surface area contributed by atoms with Crippen molar-refractivity contribution in [3.05, 3.63) is 74.8 Å². The summed E-state index contributed by atoms with van der Waals surface area (Å²) in [6.45, 7) is 1.19. The zero-order chi connectivity index (χ0) is 20.1. The molecule has 1 saturated carbocycles. The molecule has 6 heteroatoms. The average Bonchev–Trinajstić information content (AvgIpc) is 2.72. The van der Waals surface area contributed by atoms with Crippen LogP contribution in [0, 0.1) is 17.0 Å². The number of nitrogens with zero attached hydrogens (tertiary/aromatic N) is 1. The van der Waals surface area contributed by atoms with E-state index in [1.54, 1.807) is 19.1 Å². The predicted octanol–water partition coefficient (Wildman–Crippen LogP) is 4.99. The van der Waals surface area contributed by atoms with Gasteiger partial charge < -0.3 is 4.74 Å². The molecule has 0 radical (unpaired) electrons. The van der Waals surface area contributed by atoms with Gasteiger partial charge in [-0.05, 0) is 37.3 Å². The number of nitro groups is 1. The summed E-state index contributed by atoms with van der Waals surface area (Å²) in [7, 11) is 0. The maximum absolute atomic E-state index is 12.3. The van der Waals surface area contributed by atoms with Crippen molar-refractivity contribution in [2.45, 2.75) is 44.9 Å². The number of hydrogen-bond acceptors (Lipinski definition) is 5. The van der Waals surface area contributed by atoms with E-state index in [1.807, 2.05) is 12.1 Å². The summed E-state index contributed by atoms with van der Waals surface area (Å²) in [5.74, 6) is -0.492. The van der Waals surface area contributed by atoms with Crippen molar-refractivity contribution >= 4 is 17.4 Å². The fourth-order valence-corrected chi connectivity index (χ4v) is 3.61. The topological polar surface area (TPSA) is 86.5 Å². The van der Waals surface area contributed by atoms with Gasteiger partial charge in [-0.3, -0.25) is 14.9 Å². The number of ketones is 1. The number of rotatable bonds is 6. The van der Waals surface area contributed by atoms with Gasteiger partial charge in [-0.25, -0.2) is 4.79 Å². The Morgan fingerprint density at radius 1 is 1.04 bits per heavy atom. The Balaban J connectivity index is 1.60. The first-order valence-corrected chi connectivity index (χ1v) is 9.51. The fraction of sp³-hybridized carbons (Fsp3) is 0.364. The van der Waals surface area contributed by atoms with Crippen molar-refractivity contribution in [3.8, 4) is 0 Å². The quantitative estimate of drug-likeness (QED) is 0.304. The molecule has 28 heavy (non-hydrogen) atoms. The van der Waals surface area contributed by atoms with Crippen LogP contribution in [0.15, 0.2) is 42.5 Å². The molecular formula is C22H23NO5. The van der Waals surface area contributed by atoms with Gasteiger partial charge in [0.05, 0.1) is 10.5 Å². The molecule has 2 aromatic carbocycles. The molecule has 0 saturated heterocycles. The lowest BCUT2D eigenvalue weighted by Crippen LogP contribution is -2.14. The third-order valence-electron chi connectivity index (χ3n) is 5.29. The highest BCUT2D eigenvalue weighted by Crippen LogP contribution is 2.32. The lowest BCUT2D eigenvalue weighted by Gasteiger charge is -2.22. The van der Waals surface area contributed by atoms with Gasteiger partial charge in [0.15, 0.2) is 12.4 Å². The first-order chi connectivity index (χ1) is 13.5. The molecule has 146 valence electrons. The number of carbonyl (C=O) groups excluding carboxylic acids is 2. The van der Waals surface area contributed by atoms with Crippen LogP contribution in [-0.4, -0.2) is 23.3 Å². The van der Waals surface area contributed by atoms with Crippen LogP contribution in [0.25, 0.3) is 0 Å². The second kappa shape index (κ2) is 8.78. The van der Waals surface area contributed by atoms with Crippen LogP contribution < -0.4 is 0 Å². The summed E-state index contributed by atoms with van der Waals surface area (Å²) in [5.41, 5.74) is 2.09. The van der Waals surface area contributed by atoms with Gasteiger partial charge in [-0.1, -0.05) is 49.6 Å². The lowest BCUT2D eigenvalue weighted by atomic mass is 9.84. The van der Waals surface area contributed by atoms with Gasteiger partial charge in [0, 0.05) is 17.2 Å². The smallest absolute Gasteiger partial charge is 0.338 e. The number of carbonyl (C=O) groups is 2. The van der Waals surface area contributed by atoms with Crippen LogP contribution in [0.2, 0.25) is 0 Å². The maximum atomic E-state index is 12.3. The van der Waals surface area contributed by atoms with E-state index in [0.717, 1.165) is 0 Å². The van der Waals surface area contributed by atoms with E-state index in [0.29, 0.717) is 17.0 Å². The molecule has 0 spiro atoms. The molecule has 1 aliphatic rings. The van der Waals surface area contributed by atoms with Crippen LogP contribution in [0.4, 0.5) is 5.69 Å². The Morgan fingerprint density at radius 2 is 1.68 bits per heavy atom. The van der Waals surface area contributed by atoms with Crippen molar-refractivity contribution in [2.24, 2.45) is 0 Å². The molecular weight excluding hydrogens is 358 g/mol. The van der Waals surface area contributed by atoms with Crippen LogP contribution in [0.3, 0.4) is 0 Å². The molecule has 0 aromatic heterocycles. The van der Waals surface area contributed by atoms with Gasteiger partial charge in [0.1, 0.15) is 0 Å². The Morgan fingerprint density at radius 3 is 2.32 bits per heavy atom. The Labute approximate surface area is 163 Å². The van der Waals surface area contributed by atoms with E-state index in [1.165, 1.54) is 55.9 Å². The van der Waals surface area contributed by atoms with Gasteiger partial charge >= 0.3 is 5.97 Å². The van der Waals surface area contributed by atoms with Gasteiger partial charge in [-0.2, -0.15) is 0 Å². The summed E-state index contributed by atoms with van der Waals surface area (Å²) in [6.07, 6.45) is 6.17. The van der Waals surface area contributed by atoms with Crippen molar-refractivity contribution in [3.63, 3.8) is 0 Å². The van der Waals surface area contributed by atoms with Crippen molar-refractivity contribution in [1.82, 2.24) is 0 Å². The van der Waals surface area contributed by atoms with Crippen molar-refractivity contribution < 1.29 is 19.2 Å². The fourth-order valence-electron chi connectivity index (χ4n) is 3.61. The van der Waals surface area contributed by atoms with E-state index >= 15 is 0 Å². The van der Waals surface area contributed by atoms with E-state index in [4.69, 9.17) is 4.74 Å². The van der Waals surface area contributed by atoms with Crippen LogP contribution >= 0.6 is 0 Å². The van der Waals surface area contributed by atoms with Crippen molar-refractivity contribution in [1.29, 1.82) is 0 Å². The zero-order valence-electron chi connectivity index (χ0n) is 15.8. The van der Waals surface area contributed by atoms with E-state index in [-0.39, 0.29) is 17.0 Å². The minimum Gasteiger partial charge on any atom is -0.454 e. The lowest BCUT2D eigenvalue weighted by molar-refractivity contribution is -0.385. The van der Waals surface area contributed by atoms with Crippen molar-refractivity contribution in [2.75, 3.05) is 6.61 Å². The molecule has 0 aliphatic heterocycles. The van der Waals surface area contributed by atoms with E-state index < -0.39 is 17.5 Å². The highest BCUT2D eigenvalue weighted by Gasteiger charge is 2.18. The number of hydrogen-bond donors (Lipinski definition) is 0. The molecule has 0 amide bonds. The summed E-state index contributed by atoms with van der Waals surface area (Å²) in [4.78, 5) is 34.9. The number of ether oxygens (including phenoxy) is 1. The number of benzene rings is 2. The first-order valence-electron chi connectivity index (χ1n) is 9.51. The summed E-state index contributed by atoms with van der Waals surface area (Å²) >= 11 is 0. The Bertz CT molecular complexity index is 882. The van der Waals surface area contributed by atoms with E-state index in [2.05, 4.69) is 0 Å². The minimum absolute atomic E-state index is 0.0535. The molecule has 6 nitrogen and oxygen atoms in total. The number of Topliss-reactive ketones (excluding diaryl/α,β-unsaturated/α-hetero) is 1. The normalized spacial score (nSPS) is 14.5. The summed E-state index contributed by atoms with van der Waals surface area (Å²) in [6, 6.07) is 11.6. The molecule has 3 rings (SSSR count). The summed E-state index contributed by atoms with van der Waals surface area (Å²) in [5, 5.41) is 11.0. The third kappa shape index (κ3) is 4.63. The van der Waals surface area contributed by atoms with Gasteiger partial charge in [-0.15, -0.1) is 0 Å². The first kappa shape index (κ1) is 19.7. The predicted molar refractivity (Wildman–Crippen MR) is 105 cm³/mol. The molecule has 0 unspecified atom stereocenters. The van der Waals surface area contributed by atoms with Crippen LogP contribution in [0.5, 0.6) is 0 Å². The van der Waals surface area contributed by atoms with E-state index in [9.17, 15) is 19.7 Å². The molecule has 0 N–H and O–H groups in total. The maximum Gasteiger partial charge on any atom is 0.338 e. The Kier molecular flexibility index (Phi) is 6.19. The Hall–Kier alpha value is -3.02.